The summed E-state index contributed by atoms with van der Waals surface area (Å²) >= 11 is 0. The number of anilines is 3. The van der Waals surface area contributed by atoms with E-state index in [0.717, 1.165) is 55.1 Å². The Hall–Kier alpha value is -2.31. The zero-order valence-electron chi connectivity index (χ0n) is 15.8. The molecule has 0 saturated carbocycles. The number of likely N-dealkylation sites (N-methyl/N-ethyl adjacent to an activating group) is 1. The lowest BCUT2D eigenvalue weighted by atomic mass is 10.2. The van der Waals surface area contributed by atoms with E-state index in [1.165, 1.54) is 5.39 Å². The van der Waals surface area contributed by atoms with E-state index in [1.54, 1.807) is 0 Å². The molecule has 1 aliphatic rings. The van der Waals surface area contributed by atoms with E-state index in [1.807, 2.05) is 13.2 Å². The van der Waals surface area contributed by atoms with Crippen molar-refractivity contribution in [3.63, 3.8) is 0 Å². The van der Waals surface area contributed by atoms with Crippen LogP contribution in [0.15, 0.2) is 36.5 Å². The average molecular weight is 387 g/mol. The van der Waals surface area contributed by atoms with Crippen molar-refractivity contribution in [2.45, 2.75) is 32.2 Å². The van der Waals surface area contributed by atoms with Gasteiger partial charge in [-0.1, -0.05) is 19.4 Å². The number of benzene rings is 1. The highest BCUT2D eigenvalue weighted by molar-refractivity contribution is 5.85. The molecule has 144 valence electrons. The molecule has 2 aromatic heterocycles. The van der Waals surface area contributed by atoms with Crippen LogP contribution in [0.4, 0.5) is 17.5 Å². The van der Waals surface area contributed by atoms with Gasteiger partial charge in [0.05, 0.1) is 0 Å². The second-order valence-electron chi connectivity index (χ2n) is 6.92. The predicted octanol–water partition coefficient (Wildman–Crippen LogP) is 3.87. The quantitative estimate of drug-likeness (QED) is 0.600. The van der Waals surface area contributed by atoms with Crippen LogP contribution in [0.3, 0.4) is 0 Å². The van der Waals surface area contributed by atoms with Gasteiger partial charge in [-0.25, -0.2) is 4.98 Å². The summed E-state index contributed by atoms with van der Waals surface area (Å²) in [6.45, 7) is 4.20. The molecular formula is C20H27ClN6. The largest absolute Gasteiger partial charge is 0.361 e. The minimum atomic E-state index is 0. The first-order valence-electron chi connectivity index (χ1n) is 9.39. The number of nitrogens with one attached hydrogen (secondary N) is 3. The summed E-state index contributed by atoms with van der Waals surface area (Å²) in [6, 6.07) is 11.0. The number of aryl methyl sites for hydroxylation is 1. The fraction of sp³-hybridized carbons (Fsp3) is 0.400. The van der Waals surface area contributed by atoms with Crippen LogP contribution in [0.25, 0.3) is 10.9 Å². The zero-order valence-corrected chi connectivity index (χ0v) is 16.6. The van der Waals surface area contributed by atoms with Gasteiger partial charge in [0.2, 0.25) is 5.95 Å². The number of fused-ring (bicyclic) bond motifs is 1. The second kappa shape index (κ2) is 8.59. The molecule has 0 spiro atoms. The molecular weight excluding hydrogens is 360 g/mol. The van der Waals surface area contributed by atoms with Crippen LogP contribution in [0.2, 0.25) is 0 Å². The van der Waals surface area contributed by atoms with E-state index in [-0.39, 0.29) is 12.4 Å². The fourth-order valence-corrected chi connectivity index (χ4v) is 3.54. The summed E-state index contributed by atoms with van der Waals surface area (Å²) in [5, 5.41) is 7.96. The normalized spacial score (nSPS) is 16.5. The van der Waals surface area contributed by atoms with Crippen LogP contribution in [0, 0.1) is 0 Å². The molecule has 27 heavy (non-hydrogen) atoms. The van der Waals surface area contributed by atoms with Crippen LogP contribution < -0.4 is 15.5 Å². The molecule has 4 rings (SSSR count). The highest BCUT2D eigenvalue weighted by atomic mass is 35.5. The highest BCUT2D eigenvalue weighted by Crippen LogP contribution is 2.24. The predicted molar refractivity (Wildman–Crippen MR) is 115 cm³/mol. The third kappa shape index (κ3) is 4.34. The molecule has 1 aliphatic heterocycles. The Labute approximate surface area is 166 Å². The lowest BCUT2D eigenvalue weighted by Crippen LogP contribution is -2.30. The Morgan fingerprint density at radius 1 is 1.22 bits per heavy atom. The number of halogens is 1. The molecule has 1 fully saturated rings. The Kier molecular flexibility index (Phi) is 6.19. The van der Waals surface area contributed by atoms with Crippen molar-refractivity contribution >= 4 is 40.8 Å². The summed E-state index contributed by atoms with van der Waals surface area (Å²) in [6.07, 6.45) is 5.14. The van der Waals surface area contributed by atoms with Gasteiger partial charge in [0.15, 0.2) is 0 Å². The van der Waals surface area contributed by atoms with Gasteiger partial charge in [-0.05, 0) is 43.5 Å². The number of aromatic amines is 1. The number of hydrogen-bond donors (Lipinski definition) is 3. The van der Waals surface area contributed by atoms with Gasteiger partial charge in [-0.2, -0.15) is 4.98 Å². The van der Waals surface area contributed by atoms with Crippen molar-refractivity contribution in [1.82, 2.24) is 20.3 Å². The van der Waals surface area contributed by atoms with Crippen molar-refractivity contribution in [2.24, 2.45) is 0 Å². The Bertz CT molecular complexity index is 893. The second-order valence-corrected chi connectivity index (χ2v) is 6.92. The van der Waals surface area contributed by atoms with Crippen molar-refractivity contribution < 1.29 is 0 Å². The molecule has 0 aliphatic carbocycles. The van der Waals surface area contributed by atoms with Gasteiger partial charge in [0, 0.05) is 48.3 Å². The third-order valence-electron chi connectivity index (χ3n) is 5.00. The Morgan fingerprint density at radius 2 is 2.11 bits per heavy atom. The summed E-state index contributed by atoms with van der Waals surface area (Å²) in [7, 11) is 2.03. The van der Waals surface area contributed by atoms with Gasteiger partial charge in [0.25, 0.3) is 0 Å². The summed E-state index contributed by atoms with van der Waals surface area (Å²) in [5.74, 6) is 1.69. The Balaban J connectivity index is 0.00000210. The molecule has 1 saturated heterocycles. The van der Waals surface area contributed by atoms with Gasteiger partial charge in [-0.3, -0.25) is 0 Å². The number of H-pyrrole nitrogens is 1. The number of rotatable bonds is 6. The van der Waals surface area contributed by atoms with Crippen LogP contribution in [-0.2, 0) is 6.42 Å². The average Bonchev–Trinajstić information content (AvgIpc) is 3.30. The van der Waals surface area contributed by atoms with Crippen molar-refractivity contribution in [2.75, 3.05) is 30.4 Å². The molecule has 0 bridgehead atoms. The van der Waals surface area contributed by atoms with Crippen molar-refractivity contribution in [3.05, 3.63) is 42.2 Å². The molecule has 1 aromatic carbocycles. The molecule has 1 unspecified atom stereocenters. The maximum absolute atomic E-state index is 4.80. The van der Waals surface area contributed by atoms with Gasteiger partial charge in [0.1, 0.15) is 5.82 Å². The van der Waals surface area contributed by atoms with Crippen LogP contribution in [-0.4, -0.2) is 41.1 Å². The minimum Gasteiger partial charge on any atom is -0.361 e. The van der Waals surface area contributed by atoms with E-state index >= 15 is 0 Å². The van der Waals surface area contributed by atoms with Crippen LogP contribution in [0.5, 0.6) is 0 Å². The zero-order chi connectivity index (χ0) is 17.9. The molecule has 3 N–H and O–H groups in total. The monoisotopic (exact) mass is 386 g/mol. The molecule has 3 heterocycles. The lowest BCUT2D eigenvalue weighted by molar-refractivity contribution is 0.616. The minimum absolute atomic E-state index is 0. The maximum atomic E-state index is 4.80. The SMILES string of the molecule is CCCc1cc(N2CCC(NC)C2)nc(Nc2ccc3cc[nH]c3c2)n1.Cl. The highest BCUT2D eigenvalue weighted by Gasteiger charge is 2.23. The van der Waals surface area contributed by atoms with Crippen molar-refractivity contribution in [1.29, 1.82) is 0 Å². The van der Waals surface area contributed by atoms with Crippen LogP contribution in [0.1, 0.15) is 25.5 Å². The van der Waals surface area contributed by atoms with E-state index in [4.69, 9.17) is 9.97 Å². The lowest BCUT2D eigenvalue weighted by Gasteiger charge is -2.19. The molecule has 7 heteroatoms. The summed E-state index contributed by atoms with van der Waals surface area (Å²) in [4.78, 5) is 15.1. The van der Waals surface area contributed by atoms with Crippen molar-refractivity contribution in [3.8, 4) is 0 Å². The maximum Gasteiger partial charge on any atom is 0.229 e. The van der Waals surface area contributed by atoms with Crippen LogP contribution >= 0.6 is 12.4 Å². The van der Waals surface area contributed by atoms with E-state index in [0.29, 0.717) is 12.0 Å². The van der Waals surface area contributed by atoms with Gasteiger partial charge >= 0.3 is 0 Å². The number of aromatic nitrogens is 3. The van der Waals surface area contributed by atoms with Gasteiger partial charge < -0.3 is 20.5 Å². The third-order valence-corrected chi connectivity index (χ3v) is 5.00. The van der Waals surface area contributed by atoms with E-state index in [2.05, 4.69) is 57.8 Å². The topological polar surface area (TPSA) is 68.9 Å². The number of hydrogen-bond acceptors (Lipinski definition) is 5. The fourth-order valence-electron chi connectivity index (χ4n) is 3.54. The molecule has 0 amide bonds. The Morgan fingerprint density at radius 3 is 2.89 bits per heavy atom. The molecule has 3 aromatic rings. The van der Waals surface area contributed by atoms with Gasteiger partial charge in [-0.15, -0.1) is 12.4 Å². The van der Waals surface area contributed by atoms with E-state index in [9.17, 15) is 0 Å². The summed E-state index contributed by atoms with van der Waals surface area (Å²) in [5.41, 5.74) is 3.19. The smallest absolute Gasteiger partial charge is 0.229 e. The molecule has 0 radical (unpaired) electrons. The molecule has 1 atom stereocenters. The number of nitrogens with zero attached hydrogens (tertiary/aromatic N) is 3. The van der Waals surface area contributed by atoms with E-state index < -0.39 is 0 Å². The summed E-state index contributed by atoms with van der Waals surface area (Å²) < 4.78 is 0. The molecule has 6 nitrogen and oxygen atoms in total. The first kappa shape index (κ1) is 19.5. The first-order chi connectivity index (χ1) is 12.7. The standard InChI is InChI=1S/C20H26N6.ClH/c1-3-4-15-12-19(26-10-8-17(13-26)21-2)25-20(23-15)24-16-6-5-14-7-9-22-18(14)11-16;/h5-7,9,11-12,17,21-22H,3-4,8,10,13H2,1-2H3,(H,23,24,25);1H. The first-order valence-corrected chi connectivity index (χ1v) is 9.39.